The molecule has 0 bridgehead atoms. The van der Waals surface area contributed by atoms with E-state index in [-0.39, 0.29) is 31.2 Å². The quantitative estimate of drug-likeness (QED) is 0.514. The minimum Gasteiger partial charge on any atom is -0.480 e. The van der Waals surface area contributed by atoms with Crippen LogP contribution in [0.3, 0.4) is 0 Å². The van der Waals surface area contributed by atoms with Crippen molar-refractivity contribution in [3.63, 3.8) is 0 Å². The fourth-order valence-corrected chi connectivity index (χ4v) is 3.33. The zero-order valence-electron chi connectivity index (χ0n) is 16.1. The van der Waals surface area contributed by atoms with Crippen molar-refractivity contribution in [2.24, 2.45) is 0 Å². The molecule has 6 nitrogen and oxygen atoms in total. The minimum absolute atomic E-state index is 0.0834. The second kappa shape index (κ2) is 9.34. The molecule has 1 atom stereocenters. The Morgan fingerprint density at radius 2 is 1.97 bits per heavy atom. The standard InChI is InChI=1S/C22H23FN2O4/c1-29-12-11-19(22(27)28)24-20(26)10-8-16-17-13-15(23)7-9-18(17)25-21(16)14-5-3-2-4-6-14/h2-7,9,13,19,25H,8,10-12H2,1H3,(H,24,26)(H,27,28). The van der Waals surface area contributed by atoms with Gasteiger partial charge in [-0.3, -0.25) is 4.79 Å². The maximum absolute atomic E-state index is 13.8. The normalized spacial score (nSPS) is 12.1. The van der Waals surface area contributed by atoms with E-state index in [4.69, 9.17) is 4.74 Å². The number of fused-ring (bicyclic) bond motifs is 1. The monoisotopic (exact) mass is 398 g/mol. The fourth-order valence-electron chi connectivity index (χ4n) is 3.33. The molecular weight excluding hydrogens is 375 g/mol. The number of ether oxygens (including phenoxy) is 1. The van der Waals surface area contributed by atoms with Crippen LogP contribution in [0.2, 0.25) is 0 Å². The number of carboxylic acids is 1. The second-order valence-corrected chi connectivity index (χ2v) is 6.77. The van der Waals surface area contributed by atoms with Gasteiger partial charge in [0.15, 0.2) is 0 Å². The third-order valence-electron chi connectivity index (χ3n) is 4.78. The van der Waals surface area contributed by atoms with E-state index >= 15 is 0 Å². The van der Waals surface area contributed by atoms with E-state index in [2.05, 4.69) is 10.3 Å². The van der Waals surface area contributed by atoms with E-state index in [1.54, 1.807) is 6.07 Å². The maximum atomic E-state index is 13.8. The number of carbonyl (C=O) groups is 2. The lowest BCUT2D eigenvalue weighted by molar-refractivity contribution is -0.142. The zero-order chi connectivity index (χ0) is 20.8. The number of hydrogen-bond donors (Lipinski definition) is 3. The van der Waals surface area contributed by atoms with Gasteiger partial charge in [-0.25, -0.2) is 9.18 Å². The average Bonchev–Trinajstić information content (AvgIpc) is 3.07. The molecule has 0 spiro atoms. The summed E-state index contributed by atoms with van der Waals surface area (Å²) in [4.78, 5) is 27.0. The number of nitrogens with one attached hydrogen (secondary N) is 2. The number of hydrogen-bond acceptors (Lipinski definition) is 3. The van der Waals surface area contributed by atoms with Crippen LogP contribution in [-0.4, -0.2) is 41.7 Å². The van der Waals surface area contributed by atoms with Crippen molar-refractivity contribution in [3.8, 4) is 11.3 Å². The molecule has 0 fully saturated rings. The number of aliphatic carboxylic acids is 1. The number of carboxylic acid groups (broad SMARTS) is 1. The zero-order valence-corrected chi connectivity index (χ0v) is 16.1. The van der Waals surface area contributed by atoms with Gasteiger partial charge < -0.3 is 20.1 Å². The van der Waals surface area contributed by atoms with Crippen LogP contribution in [0.1, 0.15) is 18.4 Å². The van der Waals surface area contributed by atoms with Gasteiger partial charge in [-0.15, -0.1) is 0 Å². The Hall–Kier alpha value is -3.19. The summed E-state index contributed by atoms with van der Waals surface area (Å²) in [6, 6.07) is 13.1. The smallest absolute Gasteiger partial charge is 0.326 e. The summed E-state index contributed by atoms with van der Waals surface area (Å²) >= 11 is 0. The number of amides is 1. The fraction of sp³-hybridized carbons (Fsp3) is 0.273. The van der Waals surface area contributed by atoms with Gasteiger partial charge in [-0.05, 0) is 35.7 Å². The van der Waals surface area contributed by atoms with E-state index in [0.29, 0.717) is 11.8 Å². The highest BCUT2D eigenvalue weighted by molar-refractivity contribution is 5.91. The molecule has 0 radical (unpaired) electrons. The lowest BCUT2D eigenvalue weighted by Gasteiger charge is -2.14. The average molecular weight is 398 g/mol. The summed E-state index contributed by atoms with van der Waals surface area (Å²) in [6.07, 6.45) is 0.612. The summed E-state index contributed by atoms with van der Waals surface area (Å²) in [5, 5.41) is 12.5. The van der Waals surface area contributed by atoms with Gasteiger partial charge in [0.2, 0.25) is 5.91 Å². The van der Waals surface area contributed by atoms with Crippen molar-refractivity contribution >= 4 is 22.8 Å². The van der Waals surface area contributed by atoms with Gasteiger partial charge in [0.05, 0.1) is 0 Å². The molecule has 3 N–H and O–H groups in total. The molecule has 0 saturated carbocycles. The van der Waals surface area contributed by atoms with E-state index in [1.165, 1.54) is 19.2 Å². The molecule has 152 valence electrons. The molecule has 1 aromatic heterocycles. The molecule has 2 aromatic carbocycles. The van der Waals surface area contributed by atoms with Crippen LogP contribution in [0.5, 0.6) is 0 Å². The van der Waals surface area contributed by atoms with Crippen LogP contribution in [0.4, 0.5) is 4.39 Å². The molecule has 0 saturated heterocycles. The van der Waals surface area contributed by atoms with E-state index in [0.717, 1.165) is 22.3 Å². The number of carbonyl (C=O) groups excluding carboxylic acids is 1. The summed E-state index contributed by atoms with van der Waals surface area (Å²) < 4.78 is 18.7. The highest BCUT2D eigenvalue weighted by atomic mass is 19.1. The minimum atomic E-state index is -1.10. The molecule has 0 aliphatic rings. The SMILES string of the molecule is COCCC(NC(=O)CCc1c(-c2ccccc2)[nH]c2ccc(F)cc12)C(=O)O. The van der Waals surface area contributed by atoms with Gasteiger partial charge in [-0.1, -0.05) is 30.3 Å². The molecule has 0 aliphatic heterocycles. The van der Waals surface area contributed by atoms with Crippen molar-refractivity contribution in [2.45, 2.75) is 25.3 Å². The molecule has 1 amide bonds. The van der Waals surface area contributed by atoms with E-state index in [1.807, 2.05) is 30.3 Å². The first-order valence-corrected chi connectivity index (χ1v) is 9.36. The Kier molecular flexibility index (Phi) is 6.61. The maximum Gasteiger partial charge on any atom is 0.326 e. The van der Waals surface area contributed by atoms with Crippen LogP contribution in [0.25, 0.3) is 22.2 Å². The predicted octanol–water partition coefficient (Wildman–Crippen LogP) is 3.51. The van der Waals surface area contributed by atoms with Crippen LogP contribution in [0, 0.1) is 5.82 Å². The van der Waals surface area contributed by atoms with Crippen LogP contribution in [-0.2, 0) is 20.7 Å². The Bertz CT molecular complexity index is 1000. The summed E-state index contributed by atoms with van der Waals surface area (Å²) in [7, 11) is 1.47. The second-order valence-electron chi connectivity index (χ2n) is 6.77. The van der Waals surface area contributed by atoms with Crippen molar-refractivity contribution < 1.29 is 23.8 Å². The molecule has 1 unspecified atom stereocenters. The summed E-state index contributed by atoms with van der Waals surface area (Å²) in [6.45, 7) is 0.233. The molecular formula is C22H23FN2O4. The first kappa shape index (κ1) is 20.5. The van der Waals surface area contributed by atoms with Gasteiger partial charge in [-0.2, -0.15) is 0 Å². The molecule has 7 heteroatoms. The lowest BCUT2D eigenvalue weighted by Crippen LogP contribution is -2.41. The molecule has 1 heterocycles. The third kappa shape index (κ3) is 5.00. The molecule has 0 aliphatic carbocycles. The highest BCUT2D eigenvalue weighted by Crippen LogP contribution is 2.31. The first-order chi connectivity index (χ1) is 14.0. The number of halogens is 1. The van der Waals surface area contributed by atoms with Crippen LogP contribution < -0.4 is 5.32 Å². The van der Waals surface area contributed by atoms with Gasteiger partial charge in [0, 0.05) is 43.2 Å². The van der Waals surface area contributed by atoms with Crippen molar-refractivity contribution in [2.75, 3.05) is 13.7 Å². The molecule has 3 aromatic rings. The number of rotatable bonds is 9. The van der Waals surface area contributed by atoms with E-state index in [9.17, 15) is 19.1 Å². The van der Waals surface area contributed by atoms with E-state index < -0.39 is 12.0 Å². The Morgan fingerprint density at radius 1 is 1.21 bits per heavy atom. The number of aromatic amines is 1. The van der Waals surface area contributed by atoms with Gasteiger partial charge in [0.25, 0.3) is 0 Å². The number of aryl methyl sites for hydroxylation is 1. The van der Waals surface area contributed by atoms with Crippen molar-refractivity contribution in [1.29, 1.82) is 0 Å². The first-order valence-electron chi connectivity index (χ1n) is 9.36. The summed E-state index contributed by atoms with van der Waals surface area (Å²) in [5.74, 6) is -1.83. The summed E-state index contributed by atoms with van der Waals surface area (Å²) in [5.41, 5.74) is 3.37. The largest absolute Gasteiger partial charge is 0.480 e. The molecule has 29 heavy (non-hydrogen) atoms. The Labute approximate surface area is 167 Å². The number of methoxy groups -OCH3 is 1. The Morgan fingerprint density at radius 3 is 2.66 bits per heavy atom. The van der Waals surface area contributed by atoms with Gasteiger partial charge in [0.1, 0.15) is 11.9 Å². The topological polar surface area (TPSA) is 91.4 Å². The lowest BCUT2D eigenvalue weighted by atomic mass is 10.0. The van der Waals surface area contributed by atoms with Crippen LogP contribution in [0.15, 0.2) is 48.5 Å². The number of aromatic nitrogens is 1. The van der Waals surface area contributed by atoms with Gasteiger partial charge >= 0.3 is 5.97 Å². The highest BCUT2D eigenvalue weighted by Gasteiger charge is 2.20. The Balaban J connectivity index is 1.82. The van der Waals surface area contributed by atoms with Crippen LogP contribution >= 0.6 is 0 Å². The predicted molar refractivity (Wildman–Crippen MR) is 108 cm³/mol. The number of H-pyrrole nitrogens is 1. The van der Waals surface area contributed by atoms with Crippen molar-refractivity contribution in [1.82, 2.24) is 10.3 Å². The van der Waals surface area contributed by atoms with Crippen molar-refractivity contribution in [3.05, 3.63) is 59.9 Å². The number of benzene rings is 2. The molecule has 3 rings (SSSR count). The third-order valence-corrected chi connectivity index (χ3v) is 4.78.